The maximum Gasteiger partial charge on any atom is 0.146 e. The van der Waals surface area contributed by atoms with Crippen LogP contribution in [-0.4, -0.2) is 37.1 Å². The zero-order chi connectivity index (χ0) is 16.3. The van der Waals surface area contributed by atoms with Gasteiger partial charge in [-0.15, -0.1) is 0 Å². The van der Waals surface area contributed by atoms with Gasteiger partial charge in [-0.25, -0.2) is 4.39 Å². The largest absolute Gasteiger partial charge is 0.369 e. The molecule has 1 aliphatic rings. The minimum absolute atomic E-state index is 0.00484. The maximum absolute atomic E-state index is 14.5. The Morgan fingerprint density at radius 2 is 1.73 bits per heavy atom. The second-order valence-corrected chi connectivity index (χ2v) is 7.36. The molecule has 0 aliphatic carbocycles. The van der Waals surface area contributed by atoms with Gasteiger partial charge in [-0.05, 0) is 49.0 Å². The van der Waals surface area contributed by atoms with E-state index in [-0.39, 0.29) is 11.2 Å². The van der Waals surface area contributed by atoms with Crippen LogP contribution in [0.25, 0.3) is 0 Å². The van der Waals surface area contributed by atoms with Crippen molar-refractivity contribution in [3.63, 3.8) is 0 Å². The van der Waals surface area contributed by atoms with Crippen LogP contribution in [0.4, 0.5) is 10.1 Å². The standard InChI is InChI=1S/C19H31FN2/c1-6-21(7-2)16-10-12-22(13-11-16)18-9-8-15(14-17(18)20)19(3,4)5/h8-9,14,16H,6-7,10-13H2,1-5H3. The Balaban J connectivity index is 2.06. The molecule has 1 aliphatic heterocycles. The number of anilines is 1. The lowest BCUT2D eigenvalue weighted by atomic mass is 9.87. The maximum atomic E-state index is 14.5. The Morgan fingerprint density at radius 3 is 2.18 bits per heavy atom. The molecule has 0 N–H and O–H groups in total. The van der Waals surface area contributed by atoms with E-state index < -0.39 is 0 Å². The van der Waals surface area contributed by atoms with E-state index in [4.69, 9.17) is 0 Å². The fourth-order valence-corrected chi connectivity index (χ4v) is 3.44. The third-order valence-corrected chi connectivity index (χ3v) is 4.95. The molecule has 22 heavy (non-hydrogen) atoms. The molecular formula is C19H31FN2. The van der Waals surface area contributed by atoms with Crippen LogP contribution in [0.15, 0.2) is 18.2 Å². The van der Waals surface area contributed by atoms with E-state index in [1.807, 2.05) is 6.07 Å². The van der Waals surface area contributed by atoms with Crippen molar-refractivity contribution in [2.45, 2.75) is 58.9 Å². The molecule has 0 amide bonds. The molecule has 0 bridgehead atoms. The SMILES string of the molecule is CCN(CC)C1CCN(c2ccc(C(C)(C)C)cc2F)CC1. The Hall–Kier alpha value is -1.09. The van der Waals surface area contributed by atoms with Crippen LogP contribution in [0.5, 0.6) is 0 Å². The number of piperidine rings is 1. The average Bonchev–Trinajstić information content (AvgIpc) is 2.48. The highest BCUT2D eigenvalue weighted by Gasteiger charge is 2.25. The van der Waals surface area contributed by atoms with Gasteiger partial charge in [0, 0.05) is 19.1 Å². The predicted octanol–water partition coefficient (Wildman–Crippen LogP) is 4.43. The average molecular weight is 306 g/mol. The molecular weight excluding hydrogens is 275 g/mol. The molecule has 124 valence electrons. The highest BCUT2D eigenvalue weighted by Crippen LogP contribution is 2.29. The first kappa shape index (κ1) is 17.3. The van der Waals surface area contributed by atoms with E-state index in [1.54, 1.807) is 6.07 Å². The Kier molecular flexibility index (Phi) is 5.49. The van der Waals surface area contributed by atoms with Crippen LogP contribution >= 0.6 is 0 Å². The van der Waals surface area contributed by atoms with Crippen molar-refractivity contribution in [3.8, 4) is 0 Å². The van der Waals surface area contributed by atoms with E-state index in [0.717, 1.165) is 50.3 Å². The lowest BCUT2D eigenvalue weighted by Gasteiger charge is -2.39. The van der Waals surface area contributed by atoms with Crippen LogP contribution in [0, 0.1) is 5.82 Å². The molecule has 1 aromatic rings. The summed E-state index contributed by atoms with van der Waals surface area (Å²) in [5.41, 5.74) is 1.83. The predicted molar refractivity (Wildman–Crippen MR) is 93.3 cm³/mol. The quantitative estimate of drug-likeness (QED) is 0.812. The summed E-state index contributed by atoms with van der Waals surface area (Å²) >= 11 is 0. The molecule has 0 radical (unpaired) electrons. The summed E-state index contributed by atoms with van der Waals surface area (Å²) in [5, 5.41) is 0. The van der Waals surface area contributed by atoms with Gasteiger partial charge in [0.1, 0.15) is 5.82 Å². The van der Waals surface area contributed by atoms with E-state index in [1.165, 1.54) is 0 Å². The van der Waals surface area contributed by atoms with Crippen molar-refractivity contribution in [2.75, 3.05) is 31.1 Å². The summed E-state index contributed by atoms with van der Waals surface area (Å²) in [6, 6.07) is 6.41. The lowest BCUT2D eigenvalue weighted by Crippen LogP contribution is -2.45. The summed E-state index contributed by atoms with van der Waals surface area (Å²) in [4.78, 5) is 4.73. The van der Waals surface area contributed by atoms with Crippen molar-refractivity contribution in [1.29, 1.82) is 0 Å². The molecule has 2 rings (SSSR count). The van der Waals surface area contributed by atoms with Crippen LogP contribution in [0.1, 0.15) is 53.0 Å². The van der Waals surface area contributed by atoms with Crippen LogP contribution in [-0.2, 0) is 5.41 Å². The molecule has 1 fully saturated rings. The Morgan fingerprint density at radius 1 is 1.14 bits per heavy atom. The number of rotatable bonds is 4. The highest BCUT2D eigenvalue weighted by atomic mass is 19.1. The van der Waals surface area contributed by atoms with Crippen LogP contribution < -0.4 is 4.90 Å². The summed E-state index contributed by atoms with van der Waals surface area (Å²) in [6.45, 7) is 14.9. The number of hydrogen-bond acceptors (Lipinski definition) is 2. The summed E-state index contributed by atoms with van der Waals surface area (Å²) < 4.78 is 14.5. The number of nitrogens with zero attached hydrogens (tertiary/aromatic N) is 2. The summed E-state index contributed by atoms with van der Waals surface area (Å²) in [6.07, 6.45) is 2.25. The minimum atomic E-state index is -0.0753. The van der Waals surface area contributed by atoms with Crippen molar-refractivity contribution >= 4 is 5.69 Å². The van der Waals surface area contributed by atoms with Gasteiger partial charge in [0.05, 0.1) is 5.69 Å². The molecule has 0 aromatic heterocycles. The van der Waals surface area contributed by atoms with E-state index in [9.17, 15) is 4.39 Å². The van der Waals surface area contributed by atoms with Crippen LogP contribution in [0.3, 0.4) is 0 Å². The lowest BCUT2D eigenvalue weighted by molar-refractivity contribution is 0.186. The van der Waals surface area contributed by atoms with Gasteiger partial charge in [0.25, 0.3) is 0 Å². The van der Waals surface area contributed by atoms with Gasteiger partial charge in [-0.1, -0.05) is 40.7 Å². The van der Waals surface area contributed by atoms with E-state index in [2.05, 4.69) is 50.5 Å². The molecule has 1 saturated heterocycles. The molecule has 0 saturated carbocycles. The minimum Gasteiger partial charge on any atom is -0.369 e. The fraction of sp³-hybridized carbons (Fsp3) is 0.684. The molecule has 0 spiro atoms. The van der Waals surface area contributed by atoms with Crippen molar-refractivity contribution < 1.29 is 4.39 Å². The number of benzene rings is 1. The molecule has 1 aromatic carbocycles. The van der Waals surface area contributed by atoms with Crippen molar-refractivity contribution in [3.05, 3.63) is 29.6 Å². The first-order valence-corrected chi connectivity index (χ1v) is 8.65. The summed E-state index contributed by atoms with van der Waals surface area (Å²) in [5.74, 6) is -0.0753. The second kappa shape index (κ2) is 6.99. The van der Waals surface area contributed by atoms with E-state index >= 15 is 0 Å². The molecule has 2 nitrogen and oxygen atoms in total. The third kappa shape index (κ3) is 3.81. The Labute approximate surface area is 135 Å². The molecule has 0 atom stereocenters. The number of halogens is 1. The number of hydrogen-bond donors (Lipinski definition) is 0. The Bertz CT molecular complexity index is 481. The first-order chi connectivity index (χ1) is 10.4. The monoisotopic (exact) mass is 306 g/mol. The normalized spacial score (nSPS) is 17.3. The second-order valence-electron chi connectivity index (χ2n) is 7.36. The van der Waals surface area contributed by atoms with Gasteiger partial charge >= 0.3 is 0 Å². The smallest absolute Gasteiger partial charge is 0.146 e. The van der Waals surface area contributed by atoms with Gasteiger partial charge in [0.2, 0.25) is 0 Å². The van der Waals surface area contributed by atoms with Crippen LogP contribution in [0.2, 0.25) is 0 Å². The first-order valence-electron chi connectivity index (χ1n) is 8.65. The van der Waals surface area contributed by atoms with Crippen molar-refractivity contribution in [1.82, 2.24) is 4.90 Å². The van der Waals surface area contributed by atoms with Crippen molar-refractivity contribution in [2.24, 2.45) is 0 Å². The van der Waals surface area contributed by atoms with E-state index in [0.29, 0.717) is 6.04 Å². The summed E-state index contributed by atoms with van der Waals surface area (Å²) in [7, 11) is 0. The zero-order valence-corrected chi connectivity index (χ0v) is 14.8. The topological polar surface area (TPSA) is 6.48 Å². The van der Waals surface area contributed by atoms with Gasteiger partial charge in [0.15, 0.2) is 0 Å². The fourth-order valence-electron chi connectivity index (χ4n) is 3.44. The zero-order valence-electron chi connectivity index (χ0n) is 14.8. The van der Waals surface area contributed by atoms with Gasteiger partial charge in [-0.3, -0.25) is 0 Å². The highest BCUT2D eigenvalue weighted by molar-refractivity contribution is 5.50. The van der Waals surface area contributed by atoms with Gasteiger partial charge in [-0.2, -0.15) is 0 Å². The van der Waals surface area contributed by atoms with Gasteiger partial charge < -0.3 is 9.80 Å². The molecule has 0 unspecified atom stereocenters. The third-order valence-electron chi connectivity index (χ3n) is 4.95. The molecule has 3 heteroatoms. The molecule has 1 heterocycles.